The van der Waals surface area contributed by atoms with E-state index in [1.807, 2.05) is 12.1 Å². The Morgan fingerprint density at radius 3 is 2.35 bits per heavy atom. The maximum atomic E-state index is 13.8. The molecule has 3 aliphatic heterocycles. The van der Waals surface area contributed by atoms with Crippen molar-refractivity contribution in [3.8, 4) is 0 Å². The second kappa shape index (κ2) is 9.96. The van der Waals surface area contributed by atoms with Crippen molar-refractivity contribution < 1.29 is 14.3 Å². The van der Waals surface area contributed by atoms with Gasteiger partial charge in [0, 0.05) is 56.0 Å². The molecule has 1 amide bonds. The number of rotatable bonds is 4. The lowest BCUT2D eigenvalue weighted by Crippen LogP contribution is -2.53. The summed E-state index contributed by atoms with van der Waals surface area (Å²) < 4.78 is 11.5. The van der Waals surface area contributed by atoms with Crippen molar-refractivity contribution in [3.05, 3.63) is 33.8 Å². The lowest BCUT2D eigenvalue weighted by Gasteiger charge is -2.44. The molecule has 0 spiro atoms. The molecule has 0 N–H and O–H groups in total. The van der Waals surface area contributed by atoms with Gasteiger partial charge in [0.25, 0.3) is 0 Å². The quantitative estimate of drug-likeness (QED) is 0.656. The SMILES string of the molecule is CC1CN(CC2CCN(C(=O)C3(c4ccc(Cl)cc4Cl)CCOCC3)CC2)CC(C)O1. The predicted molar refractivity (Wildman–Crippen MR) is 124 cm³/mol. The monoisotopic (exact) mass is 468 g/mol. The smallest absolute Gasteiger partial charge is 0.233 e. The molecule has 1 aromatic carbocycles. The van der Waals surface area contributed by atoms with Gasteiger partial charge < -0.3 is 14.4 Å². The van der Waals surface area contributed by atoms with Gasteiger partial charge in [-0.1, -0.05) is 29.3 Å². The first-order chi connectivity index (χ1) is 14.9. The van der Waals surface area contributed by atoms with E-state index in [0.29, 0.717) is 54.2 Å². The number of halogens is 2. The van der Waals surface area contributed by atoms with E-state index in [2.05, 4.69) is 23.6 Å². The van der Waals surface area contributed by atoms with Crippen LogP contribution in [-0.4, -0.2) is 73.9 Å². The number of benzene rings is 1. The third-order valence-corrected chi connectivity index (χ3v) is 7.66. The van der Waals surface area contributed by atoms with Crippen molar-refractivity contribution in [1.29, 1.82) is 0 Å². The molecule has 1 aromatic rings. The topological polar surface area (TPSA) is 42.0 Å². The number of piperidine rings is 1. The van der Waals surface area contributed by atoms with E-state index >= 15 is 0 Å². The first-order valence-electron chi connectivity index (χ1n) is 11.6. The number of hydrogen-bond donors (Lipinski definition) is 0. The number of morpholine rings is 1. The zero-order chi connectivity index (χ0) is 22.0. The van der Waals surface area contributed by atoms with E-state index in [1.165, 1.54) is 0 Å². The summed E-state index contributed by atoms with van der Waals surface area (Å²) in [6.45, 7) is 10.2. The van der Waals surface area contributed by atoms with Crippen LogP contribution < -0.4 is 0 Å². The van der Waals surface area contributed by atoms with Gasteiger partial charge in [0.15, 0.2) is 0 Å². The van der Waals surface area contributed by atoms with Gasteiger partial charge in [-0.05, 0) is 63.1 Å². The van der Waals surface area contributed by atoms with E-state index < -0.39 is 5.41 Å². The van der Waals surface area contributed by atoms with Gasteiger partial charge in [-0.3, -0.25) is 9.69 Å². The predicted octanol–water partition coefficient (Wildman–Crippen LogP) is 4.39. The molecule has 4 rings (SSSR count). The molecule has 7 heteroatoms. The fourth-order valence-corrected chi connectivity index (χ4v) is 6.21. The van der Waals surface area contributed by atoms with Crippen molar-refractivity contribution in [2.45, 2.75) is 57.2 Å². The number of carbonyl (C=O) groups excluding carboxylic acids is 1. The molecule has 3 aliphatic rings. The van der Waals surface area contributed by atoms with Crippen LogP contribution in [-0.2, 0) is 19.7 Å². The fraction of sp³-hybridized carbons (Fsp3) is 0.708. The fourth-order valence-electron chi connectivity index (χ4n) is 5.62. The molecule has 0 aromatic heterocycles. The summed E-state index contributed by atoms with van der Waals surface area (Å²) >= 11 is 12.7. The van der Waals surface area contributed by atoms with Gasteiger partial charge in [-0.15, -0.1) is 0 Å². The molecule has 31 heavy (non-hydrogen) atoms. The molecule has 0 bridgehead atoms. The molecule has 3 saturated heterocycles. The van der Waals surface area contributed by atoms with Gasteiger partial charge in [0.05, 0.1) is 17.6 Å². The molecular weight excluding hydrogens is 435 g/mol. The molecular formula is C24H34Cl2N2O3. The largest absolute Gasteiger partial charge is 0.381 e. The van der Waals surface area contributed by atoms with Crippen LogP contribution in [0.25, 0.3) is 0 Å². The van der Waals surface area contributed by atoms with Crippen LogP contribution >= 0.6 is 23.2 Å². The zero-order valence-electron chi connectivity index (χ0n) is 18.6. The molecule has 5 nitrogen and oxygen atoms in total. The molecule has 0 aliphatic carbocycles. The molecule has 0 radical (unpaired) electrons. The summed E-state index contributed by atoms with van der Waals surface area (Å²) in [6.07, 6.45) is 4.01. The minimum atomic E-state index is -0.609. The Bertz CT molecular complexity index is 766. The third kappa shape index (κ3) is 5.22. The Morgan fingerprint density at radius 2 is 1.74 bits per heavy atom. The Morgan fingerprint density at radius 1 is 1.10 bits per heavy atom. The van der Waals surface area contributed by atoms with Crippen molar-refractivity contribution in [1.82, 2.24) is 9.80 Å². The highest BCUT2D eigenvalue weighted by molar-refractivity contribution is 6.35. The van der Waals surface area contributed by atoms with Gasteiger partial charge in [-0.2, -0.15) is 0 Å². The van der Waals surface area contributed by atoms with Crippen LogP contribution in [0.1, 0.15) is 45.1 Å². The highest BCUT2D eigenvalue weighted by Crippen LogP contribution is 2.41. The molecule has 2 atom stereocenters. The summed E-state index contributed by atoms with van der Waals surface area (Å²) in [6, 6.07) is 5.52. The summed E-state index contributed by atoms with van der Waals surface area (Å²) in [5, 5.41) is 1.17. The average Bonchev–Trinajstić information content (AvgIpc) is 2.73. The minimum absolute atomic E-state index is 0.201. The van der Waals surface area contributed by atoms with E-state index in [-0.39, 0.29) is 5.91 Å². The average molecular weight is 469 g/mol. The maximum absolute atomic E-state index is 13.8. The van der Waals surface area contributed by atoms with E-state index in [9.17, 15) is 4.79 Å². The van der Waals surface area contributed by atoms with Crippen LogP contribution in [0.15, 0.2) is 18.2 Å². The Hall–Kier alpha value is -0.850. The molecule has 3 heterocycles. The molecule has 172 valence electrons. The zero-order valence-corrected chi connectivity index (χ0v) is 20.1. The lowest BCUT2D eigenvalue weighted by molar-refractivity contribution is -0.143. The lowest BCUT2D eigenvalue weighted by atomic mass is 9.72. The summed E-state index contributed by atoms with van der Waals surface area (Å²) in [5.74, 6) is 0.832. The standard InChI is InChI=1S/C24H34Cl2N2O3/c1-17-14-27(15-18(2)31-17)16-19-5-9-28(10-6-19)23(29)24(7-11-30-12-8-24)21-4-3-20(25)13-22(21)26/h3-4,13,17-19H,5-12,14-16H2,1-2H3. The summed E-state index contributed by atoms with van der Waals surface area (Å²) in [4.78, 5) is 18.5. The van der Waals surface area contributed by atoms with Crippen LogP contribution in [0.2, 0.25) is 10.0 Å². The van der Waals surface area contributed by atoms with E-state index in [1.54, 1.807) is 6.07 Å². The van der Waals surface area contributed by atoms with Crippen molar-refractivity contribution >= 4 is 29.1 Å². The van der Waals surface area contributed by atoms with Crippen LogP contribution in [0.5, 0.6) is 0 Å². The van der Waals surface area contributed by atoms with Crippen molar-refractivity contribution in [3.63, 3.8) is 0 Å². The number of hydrogen-bond acceptors (Lipinski definition) is 4. The van der Waals surface area contributed by atoms with Crippen LogP contribution in [0.3, 0.4) is 0 Å². The highest BCUT2D eigenvalue weighted by Gasteiger charge is 2.46. The van der Waals surface area contributed by atoms with Gasteiger partial charge >= 0.3 is 0 Å². The van der Waals surface area contributed by atoms with Crippen LogP contribution in [0, 0.1) is 5.92 Å². The molecule has 3 fully saturated rings. The first kappa shape index (κ1) is 23.3. The van der Waals surface area contributed by atoms with Crippen molar-refractivity contribution in [2.75, 3.05) is 45.9 Å². The number of amides is 1. The van der Waals surface area contributed by atoms with E-state index in [4.69, 9.17) is 32.7 Å². The normalized spacial score (nSPS) is 27.9. The summed E-state index contributed by atoms with van der Waals surface area (Å²) in [5.41, 5.74) is 0.284. The van der Waals surface area contributed by atoms with Crippen LogP contribution in [0.4, 0.5) is 0 Å². The Balaban J connectivity index is 1.42. The highest BCUT2D eigenvalue weighted by atomic mass is 35.5. The summed E-state index contributed by atoms with van der Waals surface area (Å²) in [7, 11) is 0. The second-order valence-corrected chi connectivity index (χ2v) is 10.4. The number of nitrogens with zero attached hydrogens (tertiary/aromatic N) is 2. The second-order valence-electron chi connectivity index (χ2n) is 9.53. The molecule has 0 saturated carbocycles. The number of carbonyl (C=O) groups is 1. The maximum Gasteiger partial charge on any atom is 0.233 e. The van der Waals surface area contributed by atoms with Crippen molar-refractivity contribution in [2.24, 2.45) is 5.92 Å². The van der Waals surface area contributed by atoms with Gasteiger partial charge in [-0.25, -0.2) is 0 Å². The number of likely N-dealkylation sites (tertiary alicyclic amines) is 1. The minimum Gasteiger partial charge on any atom is -0.381 e. The van der Waals surface area contributed by atoms with Gasteiger partial charge in [0.2, 0.25) is 5.91 Å². The first-order valence-corrected chi connectivity index (χ1v) is 12.3. The van der Waals surface area contributed by atoms with Gasteiger partial charge in [0.1, 0.15) is 0 Å². The van der Waals surface area contributed by atoms with E-state index in [0.717, 1.165) is 51.1 Å². The molecule has 2 unspecified atom stereocenters. The number of ether oxygens (including phenoxy) is 2. The Kier molecular flexibility index (Phi) is 7.49. The third-order valence-electron chi connectivity index (χ3n) is 7.12. The Labute approximate surface area is 195 Å².